The van der Waals surface area contributed by atoms with Crippen LogP contribution in [0.2, 0.25) is 0 Å². The lowest BCUT2D eigenvalue weighted by atomic mass is 10.1. The van der Waals surface area contributed by atoms with Crippen LogP contribution in [0, 0.1) is 0 Å². The Hall–Kier alpha value is -0.980. The molecule has 4 nitrogen and oxygen atoms in total. The van der Waals surface area contributed by atoms with E-state index in [4.69, 9.17) is 0 Å². The number of carbonyl (C=O) groups is 2. The molecular formula is C14H22N2O2P2. The number of rotatable bonds is 8. The Morgan fingerprint density at radius 1 is 0.850 bits per heavy atom. The number of amides is 2. The maximum absolute atomic E-state index is 12.1. The number of hydrogen-bond donors (Lipinski definition) is 2. The van der Waals surface area contributed by atoms with Crippen molar-refractivity contribution >= 4 is 30.3 Å². The molecule has 2 atom stereocenters. The van der Waals surface area contributed by atoms with Crippen molar-refractivity contribution in [3.05, 3.63) is 35.4 Å². The molecule has 0 aliphatic carbocycles. The van der Waals surface area contributed by atoms with Crippen LogP contribution in [0.1, 0.15) is 33.6 Å². The van der Waals surface area contributed by atoms with E-state index >= 15 is 0 Å². The van der Waals surface area contributed by atoms with Crippen LogP contribution in [-0.4, -0.2) is 37.2 Å². The second-order valence-corrected chi connectivity index (χ2v) is 5.50. The summed E-state index contributed by atoms with van der Waals surface area (Å²) in [4.78, 5) is 24.1. The molecule has 6 heteroatoms. The second-order valence-electron chi connectivity index (χ2n) is 4.34. The predicted molar refractivity (Wildman–Crippen MR) is 89.5 cm³/mol. The molecule has 2 N–H and O–H groups in total. The molecule has 1 aromatic rings. The summed E-state index contributed by atoms with van der Waals surface area (Å²) in [5, 5.41) is 5.65. The van der Waals surface area contributed by atoms with Gasteiger partial charge in [0, 0.05) is 13.1 Å². The van der Waals surface area contributed by atoms with E-state index in [9.17, 15) is 9.59 Å². The lowest BCUT2D eigenvalue weighted by molar-refractivity contribution is 0.0919. The number of nitrogens with one attached hydrogen (secondary N) is 2. The molecule has 2 amide bonds. The zero-order valence-corrected chi connectivity index (χ0v) is 13.8. The molecule has 0 saturated carbocycles. The lowest BCUT2D eigenvalue weighted by Crippen LogP contribution is -2.30. The first-order valence-electron chi connectivity index (χ1n) is 6.76. The van der Waals surface area contributed by atoms with E-state index in [-0.39, 0.29) is 11.8 Å². The van der Waals surface area contributed by atoms with E-state index in [1.807, 2.05) is 0 Å². The van der Waals surface area contributed by atoms with Gasteiger partial charge in [-0.05, 0) is 37.3 Å². The monoisotopic (exact) mass is 312 g/mol. The Morgan fingerprint density at radius 2 is 1.25 bits per heavy atom. The summed E-state index contributed by atoms with van der Waals surface area (Å²) in [6, 6.07) is 6.90. The molecule has 0 fully saturated rings. The molecule has 0 heterocycles. The Balaban J connectivity index is 2.71. The molecule has 110 valence electrons. The highest BCUT2D eigenvalue weighted by atomic mass is 31.0. The van der Waals surface area contributed by atoms with Gasteiger partial charge in [0.05, 0.1) is 11.1 Å². The molecule has 0 aliphatic heterocycles. The van der Waals surface area contributed by atoms with Crippen LogP contribution in [0.4, 0.5) is 0 Å². The summed E-state index contributed by atoms with van der Waals surface area (Å²) in [6.45, 7) is 1.23. The predicted octanol–water partition coefficient (Wildman–Crippen LogP) is 1.68. The van der Waals surface area contributed by atoms with Crippen LogP contribution in [0.3, 0.4) is 0 Å². The second kappa shape index (κ2) is 9.85. The quantitative estimate of drug-likeness (QED) is 0.567. The molecule has 2 unspecified atom stereocenters. The highest BCUT2D eigenvalue weighted by Gasteiger charge is 2.15. The fourth-order valence-corrected chi connectivity index (χ4v) is 2.09. The molecule has 1 rings (SSSR count). The van der Waals surface area contributed by atoms with Crippen molar-refractivity contribution < 1.29 is 9.59 Å². The van der Waals surface area contributed by atoms with Crippen molar-refractivity contribution in [2.45, 2.75) is 12.8 Å². The van der Waals surface area contributed by atoms with Crippen molar-refractivity contribution in [2.24, 2.45) is 0 Å². The van der Waals surface area contributed by atoms with E-state index in [0.717, 1.165) is 25.2 Å². The highest BCUT2D eigenvalue weighted by Crippen LogP contribution is 2.09. The average molecular weight is 312 g/mol. The van der Waals surface area contributed by atoms with Gasteiger partial charge in [-0.15, -0.1) is 18.5 Å². The fraction of sp³-hybridized carbons (Fsp3) is 0.429. The third kappa shape index (κ3) is 5.56. The van der Waals surface area contributed by atoms with Gasteiger partial charge in [0.1, 0.15) is 0 Å². The van der Waals surface area contributed by atoms with Crippen molar-refractivity contribution in [3.63, 3.8) is 0 Å². The Morgan fingerprint density at radius 3 is 1.60 bits per heavy atom. The Labute approximate surface area is 124 Å². The zero-order chi connectivity index (χ0) is 14.8. The highest BCUT2D eigenvalue weighted by molar-refractivity contribution is 7.16. The van der Waals surface area contributed by atoms with E-state index in [2.05, 4.69) is 29.1 Å². The first kappa shape index (κ1) is 17.1. The minimum absolute atomic E-state index is 0.194. The van der Waals surface area contributed by atoms with Crippen molar-refractivity contribution in [1.29, 1.82) is 0 Å². The van der Waals surface area contributed by atoms with E-state index in [1.165, 1.54) is 0 Å². The number of carbonyl (C=O) groups excluding carboxylic acids is 2. The smallest absolute Gasteiger partial charge is 0.252 e. The van der Waals surface area contributed by atoms with Gasteiger partial charge in [-0.2, -0.15) is 0 Å². The molecule has 20 heavy (non-hydrogen) atoms. The van der Waals surface area contributed by atoms with Gasteiger partial charge in [-0.1, -0.05) is 12.1 Å². The first-order valence-corrected chi connectivity index (χ1v) is 8.39. The summed E-state index contributed by atoms with van der Waals surface area (Å²) in [6.07, 6.45) is 3.69. The lowest BCUT2D eigenvalue weighted by Gasteiger charge is -2.10. The standard InChI is InChI=1S/C14H22N2O2P2/c17-13(15-7-3-9-19)11-5-1-2-6-12(11)14(18)16-8-4-10-20/h1-2,5-6H,3-4,7-10,19-20H2,(H,15,17)(H,16,18). The number of benzene rings is 1. The van der Waals surface area contributed by atoms with Gasteiger partial charge in [0.25, 0.3) is 11.8 Å². The van der Waals surface area contributed by atoms with Crippen molar-refractivity contribution in [3.8, 4) is 0 Å². The summed E-state index contributed by atoms with van der Waals surface area (Å²) < 4.78 is 0. The maximum atomic E-state index is 12.1. The largest absolute Gasteiger partial charge is 0.352 e. The summed E-state index contributed by atoms with van der Waals surface area (Å²) in [5.74, 6) is -0.388. The first-order chi connectivity index (χ1) is 9.70. The van der Waals surface area contributed by atoms with Gasteiger partial charge in [-0.3, -0.25) is 9.59 Å². The molecular weight excluding hydrogens is 290 g/mol. The maximum Gasteiger partial charge on any atom is 0.252 e. The number of hydrogen-bond acceptors (Lipinski definition) is 2. The molecule has 0 saturated heterocycles. The molecule has 0 aromatic heterocycles. The van der Waals surface area contributed by atoms with Gasteiger partial charge in [0.2, 0.25) is 0 Å². The van der Waals surface area contributed by atoms with E-state index < -0.39 is 0 Å². The molecule has 0 aliphatic rings. The van der Waals surface area contributed by atoms with Crippen LogP contribution in [0.5, 0.6) is 0 Å². The normalized spacial score (nSPS) is 10.1. The van der Waals surface area contributed by atoms with Crippen LogP contribution in [0.15, 0.2) is 24.3 Å². The third-order valence-electron chi connectivity index (χ3n) is 2.75. The third-order valence-corrected chi connectivity index (χ3v) is 3.57. The Kier molecular flexibility index (Phi) is 8.41. The summed E-state index contributed by atoms with van der Waals surface area (Å²) >= 11 is 0. The Bertz CT molecular complexity index is 412. The fourth-order valence-electron chi connectivity index (χ4n) is 1.68. The van der Waals surface area contributed by atoms with Gasteiger partial charge in [0.15, 0.2) is 0 Å². The molecule has 1 aromatic carbocycles. The minimum Gasteiger partial charge on any atom is -0.352 e. The molecule has 0 bridgehead atoms. The topological polar surface area (TPSA) is 58.2 Å². The van der Waals surface area contributed by atoms with Gasteiger partial charge in [-0.25, -0.2) is 0 Å². The van der Waals surface area contributed by atoms with E-state index in [1.54, 1.807) is 24.3 Å². The van der Waals surface area contributed by atoms with Crippen LogP contribution >= 0.6 is 18.5 Å². The van der Waals surface area contributed by atoms with Crippen LogP contribution in [-0.2, 0) is 0 Å². The average Bonchev–Trinajstić information content (AvgIpc) is 2.47. The SMILES string of the molecule is O=C(NCCCP)c1ccccc1C(=O)NCCCP. The van der Waals surface area contributed by atoms with Gasteiger partial charge >= 0.3 is 0 Å². The molecule has 0 radical (unpaired) electrons. The van der Waals surface area contributed by atoms with Crippen molar-refractivity contribution in [2.75, 3.05) is 25.4 Å². The van der Waals surface area contributed by atoms with Crippen molar-refractivity contribution in [1.82, 2.24) is 10.6 Å². The minimum atomic E-state index is -0.194. The molecule has 0 spiro atoms. The zero-order valence-electron chi connectivity index (χ0n) is 11.5. The van der Waals surface area contributed by atoms with E-state index in [0.29, 0.717) is 24.2 Å². The van der Waals surface area contributed by atoms with Gasteiger partial charge < -0.3 is 10.6 Å². The summed E-state index contributed by atoms with van der Waals surface area (Å²) in [5.41, 5.74) is 0.860. The summed E-state index contributed by atoms with van der Waals surface area (Å²) in [7, 11) is 5.24. The van der Waals surface area contributed by atoms with Crippen LogP contribution in [0.25, 0.3) is 0 Å². The van der Waals surface area contributed by atoms with Crippen LogP contribution < -0.4 is 10.6 Å².